The molecular formula is C20H21N3O2S2. The first-order valence-electron chi connectivity index (χ1n) is 8.88. The summed E-state index contributed by atoms with van der Waals surface area (Å²) >= 11 is 1.51. The minimum atomic E-state index is -2.93. The van der Waals surface area contributed by atoms with Crippen molar-refractivity contribution in [3.05, 3.63) is 59.7 Å². The van der Waals surface area contributed by atoms with Crippen LogP contribution in [0.15, 0.2) is 53.7 Å². The average molecular weight is 400 g/mol. The van der Waals surface area contributed by atoms with Crippen molar-refractivity contribution in [3.8, 4) is 17.1 Å². The zero-order valence-electron chi connectivity index (χ0n) is 15.3. The Bertz CT molecular complexity index is 1070. The van der Waals surface area contributed by atoms with Gasteiger partial charge in [-0.05, 0) is 31.9 Å². The van der Waals surface area contributed by atoms with Gasteiger partial charge in [-0.15, -0.1) is 10.2 Å². The standard InChI is InChI=1S/C20H21N3O2S2/c1-14-7-9-16(10-8-14)19-21-22-20(26-17-11-12-27(24,25)13-17)23(19)18-6-4-3-5-15(18)2/h3-10,17H,11-13H2,1-2H3. The molecule has 1 aliphatic rings. The summed E-state index contributed by atoms with van der Waals surface area (Å²) in [6, 6.07) is 16.3. The quantitative estimate of drug-likeness (QED) is 0.667. The lowest BCUT2D eigenvalue weighted by Gasteiger charge is -2.14. The zero-order chi connectivity index (χ0) is 19.0. The van der Waals surface area contributed by atoms with Gasteiger partial charge in [0, 0.05) is 10.8 Å². The van der Waals surface area contributed by atoms with Gasteiger partial charge in [0.25, 0.3) is 0 Å². The number of sulfone groups is 1. The molecule has 7 heteroatoms. The number of rotatable bonds is 4. The van der Waals surface area contributed by atoms with Crippen LogP contribution in [-0.4, -0.2) is 39.9 Å². The predicted molar refractivity (Wildman–Crippen MR) is 109 cm³/mol. The second kappa shape index (κ2) is 7.13. The molecule has 140 valence electrons. The maximum absolute atomic E-state index is 11.8. The fourth-order valence-corrected chi connectivity index (χ4v) is 6.77. The van der Waals surface area contributed by atoms with Crippen molar-refractivity contribution in [3.63, 3.8) is 0 Å². The third kappa shape index (κ3) is 3.80. The number of hydrogen-bond acceptors (Lipinski definition) is 5. The predicted octanol–water partition coefficient (Wildman–Crippen LogP) is 3.83. The number of aromatic nitrogens is 3. The average Bonchev–Trinajstić information content (AvgIpc) is 3.19. The van der Waals surface area contributed by atoms with Crippen LogP contribution in [0.5, 0.6) is 0 Å². The van der Waals surface area contributed by atoms with Gasteiger partial charge in [0.05, 0.1) is 17.2 Å². The van der Waals surface area contributed by atoms with Gasteiger partial charge in [-0.25, -0.2) is 8.42 Å². The van der Waals surface area contributed by atoms with Crippen molar-refractivity contribution in [2.24, 2.45) is 0 Å². The van der Waals surface area contributed by atoms with Gasteiger partial charge in [0.1, 0.15) is 0 Å². The molecule has 1 saturated heterocycles. The highest BCUT2D eigenvalue weighted by Gasteiger charge is 2.31. The second-order valence-electron chi connectivity index (χ2n) is 6.94. The molecule has 0 saturated carbocycles. The lowest BCUT2D eigenvalue weighted by Crippen LogP contribution is -2.08. The third-order valence-electron chi connectivity index (χ3n) is 4.76. The number of nitrogens with zero attached hydrogens (tertiary/aromatic N) is 3. The van der Waals surface area contributed by atoms with Crippen molar-refractivity contribution < 1.29 is 8.42 Å². The van der Waals surface area contributed by atoms with Gasteiger partial charge in [-0.1, -0.05) is 59.8 Å². The molecule has 1 aliphatic heterocycles. The maximum Gasteiger partial charge on any atom is 0.196 e. The topological polar surface area (TPSA) is 64.8 Å². The highest BCUT2D eigenvalue weighted by atomic mass is 32.2. The van der Waals surface area contributed by atoms with E-state index in [4.69, 9.17) is 0 Å². The first kappa shape index (κ1) is 18.3. The molecule has 4 rings (SSSR count). The summed E-state index contributed by atoms with van der Waals surface area (Å²) in [5.41, 5.74) is 4.31. The Labute approximate surface area is 163 Å². The van der Waals surface area contributed by atoms with Crippen LogP contribution in [0.3, 0.4) is 0 Å². The summed E-state index contributed by atoms with van der Waals surface area (Å²) in [5.74, 6) is 1.24. The summed E-state index contributed by atoms with van der Waals surface area (Å²) in [6.45, 7) is 4.11. The largest absolute Gasteiger partial charge is 0.270 e. The maximum atomic E-state index is 11.8. The van der Waals surface area contributed by atoms with E-state index in [1.165, 1.54) is 17.3 Å². The van der Waals surface area contributed by atoms with Crippen molar-refractivity contribution in [2.75, 3.05) is 11.5 Å². The number of hydrogen-bond donors (Lipinski definition) is 0. The molecule has 0 aliphatic carbocycles. The van der Waals surface area contributed by atoms with E-state index in [1.54, 1.807) is 0 Å². The van der Waals surface area contributed by atoms with Gasteiger partial charge in [0.2, 0.25) is 0 Å². The van der Waals surface area contributed by atoms with E-state index in [0.717, 1.165) is 27.8 Å². The molecule has 0 bridgehead atoms. The Morgan fingerprint density at radius 3 is 2.44 bits per heavy atom. The summed E-state index contributed by atoms with van der Waals surface area (Å²) in [7, 11) is -2.93. The van der Waals surface area contributed by atoms with Gasteiger partial charge in [-0.3, -0.25) is 4.57 Å². The fourth-order valence-electron chi connectivity index (χ4n) is 3.27. The molecule has 1 fully saturated rings. The van der Waals surface area contributed by atoms with E-state index in [1.807, 2.05) is 30.3 Å². The van der Waals surface area contributed by atoms with E-state index in [-0.39, 0.29) is 16.8 Å². The molecule has 0 N–H and O–H groups in total. The van der Waals surface area contributed by atoms with Crippen LogP contribution < -0.4 is 0 Å². The summed E-state index contributed by atoms with van der Waals surface area (Å²) in [4.78, 5) is 0. The first-order valence-corrected chi connectivity index (χ1v) is 11.6. The van der Waals surface area contributed by atoms with E-state index < -0.39 is 9.84 Å². The van der Waals surface area contributed by atoms with Crippen molar-refractivity contribution in [2.45, 2.75) is 30.7 Å². The summed E-state index contributed by atoms with van der Waals surface area (Å²) in [6.07, 6.45) is 0.660. The molecule has 5 nitrogen and oxygen atoms in total. The SMILES string of the molecule is Cc1ccc(-c2nnc(SC3CCS(=O)(=O)C3)n2-c2ccccc2C)cc1. The van der Waals surface area contributed by atoms with Crippen LogP contribution in [0, 0.1) is 13.8 Å². The molecule has 2 heterocycles. The molecule has 0 spiro atoms. The lowest BCUT2D eigenvalue weighted by molar-refractivity contribution is 0.602. The number of para-hydroxylation sites is 1. The minimum absolute atomic E-state index is 0.0211. The molecule has 27 heavy (non-hydrogen) atoms. The van der Waals surface area contributed by atoms with Gasteiger partial charge in [-0.2, -0.15) is 0 Å². The third-order valence-corrected chi connectivity index (χ3v) is 7.95. The molecule has 1 unspecified atom stereocenters. The van der Waals surface area contributed by atoms with Crippen LogP contribution in [0.25, 0.3) is 17.1 Å². The Morgan fingerprint density at radius 1 is 1.04 bits per heavy atom. The first-order chi connectivity index (χ1) is 12.9. The van der Waals surface area contributed by atoms with E-state index >= 15 is 0 Å². The fraction of sp³-hybridized carbons (Fsp3) is 0.300. The highest BCUT2D eigenvalue weighted by Crippen LogP contribution is 2.34. The summed E-state index contributed by atoms with van der Waals surface area (Å²) in [5, 5.41) is 9.64. The van der Waals surface area contributed by atoms with Gasteiger partial charge < -0.3 is 0 Å². The molecule has 2 aromatic carbocycles. The number of aryl methyl sites for hydroxylation is 2. The lowest BCUT2D eigenvalue weighted by atomic mass is 10.1. The van der Waals surface area contributed by atoms with Crippen LogP contribution in [-0.2, 0) is 9.84 Å². The molecular weight excluding hydrogens is 378 g/mol. The van der Waals surface area contributed by atoms with E-state index in [2.05, 4.69) is 46.8 Å². The van der Waals surface area contributed by atoms with Crippen LogP contribution in [0.4, 0.5) is 0 Å². The summed E-state index contributed by atoms with van der Waals surface area (Å²) < 4.78 is 25.7. The van der Waals surface area contributed by atoms with E-state index in [9.17, 15) is 8.42 Å². The Morgan fingerprint density at radius 2 is 1.78 bits per heavy atom. The van der Waals surface area contributed by atoms with E-state index in [0.29, 0.717) is 6.42 Å². The van der Waals surface area contributed by atoms with Crippen molar-refractivity contribution in [1.82, 2.24) is 14.8 Å². The van der Waals surface area contributed by atoms with Crippen LogP contribution in [0.1, 0.15) is 17.5 Å². The van der Waals surface area contributed by atoms with Gasteiger partial charge in [0.15, 0.2) is 20.8 Å². The Hall–Kier alpha value is -2.12. The molecule has 0 amide bonds. The normalized spacial score (nSPS) is 18.7. The number of thioether (sulfide) groups is 1. The molecule has 3 aromatic rings. The van der Waals surface area contributed by atoms with Crippen LogP contribution in [0.2, 0.25) is 0 Å². The smallest absolute Gasteiger partial charge is 0.196 e. The Kier molecular flexibility index (Phi) is 4.82. The molecule has 1 atom stereocenters. The van der Waals surface area contributed by atoms with Gasteiger partial charge >= 0.3 is 0 Å². The van der Waals surface area contributed by atoms with Crippen molar-refractivity contribution >= 4 is 21.6 Å². The van der Waals surface area contributed by atoms with Crippen molar-refractivity contribution in [1.29, 1.82) is 0 Å². The van der Waals surface area contributed by atoms with Crippen LogP contribution >= 0.6 is 11.8 Å². The zero-order valence-corrected chi connectivity index (χ0v) is 16.9. The minimum Gasteiger partial charge on any atom is -0.270 e. The monoisotopic (exact) mass is 399 g/mol. The second-order valence-corrected chi connectivity index (χ2v) is 10.4. The number of benzene rings is 2. The Balaban J connectivity index is 1.80. The highest BCUT2D eigenvalue weighted by molar-refractivity contribution is 8.01. The molecule has 0 radical (unpaired) electrons. The molecule has 1 aromatic heterocycles.